The van der Waals surface area contributed by atoms with Gasteiger partial charge in [-0.25, -0.2) is 0 Å². The molecule has 1 aliphatic rings. The van der Waals surface area contributed by atoms with Crippen molar-refractivity contribution in [3.63, 3.8) is 0 Å². The van der Waals surface area contributed by atoms with Crippen molar-refractivity contribution in [3.05, 3.63) is 41.1 Å². The molecule has 1 aromatic carbocycles. The highest BCUT2D eigenvalue weighted by Crippen LogP contribution is 2.36. The second kappa shape index (κ2) is 7.77. The van der Waals surface area contributed by atoms with Crippen LogP contribution in [-0.4, -0.2) is 40.9 Å². The highest BCUT2D eigenvalue weighted by atomic mass is 19.4. The number of aliphatic hydroxyl groups is 1. The zero-order valence-corrected chi connectivity index (χ0v) is 14.9. The van der Waals surface area contributed by atoms with Crippen LogP contribution in [0.25, 0.3) is 0 Å². The molecule has 27 heavy (non-hydrogen) atoms. The number of rotatable bonds is 5. The van der Waals surface area contributed by atoms with Crippen LogP contribution in [0.1, 0.15) is 36.6 Å². The number of nitrogens with zero attached hydrogens (tertiary/aromatic N) is 1. The number of alkyl halides is 3. The van der Waals surface area contributed by atoms with E-state index in [4.69, 9.17) is 14.2 Å². The molecular formula is C18H21F3N2O4. The fraction of sp³-hybridized carbons (Fsp3) is 0.500. The van der Waals surface area contributed by atoms with Crippen LogP contribution in [0.4, 0.5) is 13.2 Å². The molecule has 0 saturated carbocycles. The monoisotopic (exact) mass is 386 g/mol. The Morgan fingerprint density at radius 1 is 1.26 bits per heavy atom. The lowest BCUT2D eigenvalue weighted by Crippen LogP contribution is -2.37. The van der Waals surface area contributed by atoms with Gasteiger partial charge in [-0.1, -0.05) is 12.1 Å². The van der Waals surface area contributed by atoms with Crippen LogP contribution in [0.3, 0.4) is 0 Å². The standard InChI is InChI=1S/C18H21F3N2O4/c1-10-7-12(24)9-15(26-10)27-17-14(16(22-23-17)18(19,20)21)8-11-3-5-13(25-2)6-4-11/h3-6,10,12,15,24H,7-9H2,1-2H3,(H,22,23). The van der Waals surface area contributed by atoms with Crippen molar-refractivity contribution < 1.29 is 32.5 Å². The molecule has 0 amide bonds. The molecule has 1 saturated heterocycles. The topological polar surface area (TPSA) is 76.6 Å². The van der Waals surface area contributed by atoms with E-state index in [-0.39, 0.29) is 30.4 Å². The molecule has 3 unspecified atom stereocenters. The first-order valence-electron chi connectivity index (χ1n) is 8.53. The van der Waals surface area contributed by atoms with Crippen LogP contribution < -0.4 is 9.47 Å². The number of aromatic nitrogens is 2. The quantitative estimate of drug-likeness (QED) is 0.825. The van der Waals surface area contributed by atoms with Crippen molar-refractivity contribution in [1.29, 1.82) is 0 Å². The van der Waals surface area contributed by atoms with E-state index in [0.29, 0.717) is 17.7 Å². The van der Waals surface area contributed by atoms with E-state index in [1.807, 2.05) is 5.10 Å². The van der Waals surface area contributed by atoms with Crippen molar-refractivity contribution in [1.82, 2.24) is 10.2 Å². The lowest BCUT2D eigenvalue weighted by Gasteiger charge is -2.30. The molecule has 3 atom stereocenters. The fourth-order valence-electron chi connectivity index (χ4n) is 3.06. The molecule has 1 aromatic heterocycles. The number of benzene rings is 1. The molecule has 0 spiro atoms. The Morgan fingerprint density at radius 2 is 1.96 bits per heavy atom. The zero-order valence-electron chi connectivity index (χ0n) is 14.9. The fourth-order valence-corrected chi connectivity index (χ4v) is 3.06. The minimum Gasteiger partial charge on any atom is -0.497 e. The van der Waals surface area contributed by atoms with Gasteiger partial charge in [0, 0.05) is 12.8 Å². The highest BCUT2D eigenvalue weighted by molar-refractivity contribution is 5.39. The van der Waals surface area contributed by atoms with Gasteiger partial charge in [-0.05, 0) is 31.0 Å². The Bertz CT molecular complexity index is 751. The van der Waals surface area contributed by atoms with Crippen LogP contribution >= 0.6 is 0 Å². The number of H-pyrrole nitrogens is 1. The molecule has 0 aliphatic carbocycles. The Balaban J connectivity index is 1.86. The Morgan fingerprint density at radius 3 is 2.56 bits per heavy atom. The lowest BCUT2D eigenvalue weighted by atomic mass is 10.0. The molecule has 1 aliphatic heterocycles. The molecule has 2 aromatic rings. The zero-order chi connectivity index (χ0) is 19.6. The molecule has 3 rings (SSSR count). The summed E-state index contributed by atoms with van der Waals surface area (Å²) in [7, 11) is 1.51. The SMILES string of the molecule is COc1ccc(Cc2c(OC3CC(O)CC(C)O3)n[nH]c2C(F)(F)F)cc1. The number of hydrogen-bond donors (Lipinski definition) is 2. The maximum Gasteiger partial charge on any atom is 0.433 e. The van der Waals surface area contributed by atoms with Gasteiger partial charge in [0.25, 0.3) is 0 Å². The smallest absolute Gasteiger partial charge is 0.433 e. The molecule has 2 N–H and O–H groups in total. The number of hydrogen-bond acceptors (Lipinski definition) is 5. The van der Waals surface area contributed by atoms with E-state index in [1.165, 1.54) is 7.11 Å². The van der Waals surface area contributed by atoms with Crippen molar-refractivity contribution >= 4 is 0 Å². The number of aliphatic hydroxyl groups excluding tert-OH is 1. The molecule has 1 fully saturated rings. The van der Waals surface area contributed by atoms with E-state index < -0.39 is 24.3 Å². The van der Waals surface area contributed by atoms with Gasteiger partial charge in [0.05, 0.1) is 24.9 Å². The van der Waals surface area contributed by atoms with Gasteiger partial charge < -0.3 is 19.3 Å². The van der Waals surface area contributed by atoms with Crippen molar-refractivity contribution in [2.24, 2.45) is 0 Å². The molecule has 2 heterocycles. The summed E-state index contributed by atoms with van der Waals surface area (Å²) in [4.78, 5) is 0. The molecule has 6 nitrogen and oxygen atoms in total. The van der Waals surface area contributed by atoms with Crippen LogP contribution in [0.15, 0.2) is 24.3 Å². The summed E-state index contributed by atoms with van der Waals surface area (Å²) >= 11 is 0. The summed E-state index contributed by atoms with van der Waals surface area (Å²) in [5, 5.41) is 15.6. The molecule has 9 heteroatoms. The van der Waals surface area contributed by atoms with Gasteiger partial charge in [0.15, 0.2) is 0 Å². The van der Waals surface area contributed by atoms with Gasteiger partial charge in [0.2, 0.25) is 12.2 Å². The lowest BCUT2D eigenvalue weighted by molar-refractivity contribution is -0.171. The summed E-state index contributed by atoms with van der Waals surface area (Å²) in [6.07, 6.45) is -5.77. The third kappa shape index (κ3) is 4.72. The predicted molar refractivity (Wildman–Crippen MR) is 89.6 cm³/mol. The van der Waals surface area contributed by atoms with Crippen molar-refractivity contribution in [3.8, 4) is 11.6 Å². The number of halogens is 3. The molecule has 0 radical (unpaired) electrons. The van der Waals surface area contributed by atoms with E-state index in [2.05, 4.69) is 5.10 Å². The Hall–Kier alpha value is -2.26. The second-order valence-corrected chi connectivity index (χ2v) is 6.52. The van der Waals surface area contributed by atoms with Crippen LogP contribution in [0, 0.1) is 0 Å². The van der Waals surface area contributed by atoms with Crippen LogP contribution in [0.2, 0.25) is 0 Å². The van der Waals surface area contributed by atoms with Crippen LogP contribution in [0.5, 0.6) is 11.6 Å². The first-order valence-corrected chi connectivity index (χ1v) is 8.53. The maximum atomic E-state index is 13.4. The molecule has 148 valence electrons. The highest BCUT2D eigenvalue weighted by Gasteiger charge is 2.38. The minimum atomic E-state index is -4.60. The Labute approximate surface area is 154 Å². The average Bonchev–Trinajstić information content (AvgIpc) is 2.97. The van der Waals surface area contributed by atoms with Gasteiger partial charge in [-0.2, -0.15) is 13.2 Å². The maximum absolute atomic E-state index is 13.4. The Kier molecular flexibility index (Phi) is 5.61. The van der Waals surface area contributed by atoms with E-state index >= 15 is 0 Å². The summed E-state index contributed by atoms with van der Waals surface area (Å²) in [5.41, 5.74) is -0.424. The number of ether oxygens (including phenoxy) is 3. The molecule has 0 bridgehead atoms. The summed E-state index contributed by atoms with van der Waals surface area (Å²) in [6.45, 7) is 1.77. The van der Waals surface area contributed by atoms with E-state index in [0.717, 1.165) is 0 Å². The van der Waals surface area contributed by atoms with Gasteiger partial charge in [0.1, 0.15) is 11.4 Å². The van der Waals surface area contributed by atoms with Gasteiger partial charge in [-0.3, -0.25) is 5.10 Å². The third-order valence-corrected chi connectivity index (χ3v) is 4.35. The van der Waals surface area contributed by atoms with E-state index in [1.54, 1.807) is 31.2 Å². The largest absolute Gasteiger partial charge is 0.497 e. The molecular weight excluding hydrogens is 365 g/mol. The first-order chi connectivity index (χ1) is 12.8. The first kappa shape index (κ1) is 19.5. The average molecular weight is 386 g/mol. The van der Waals surface area contributed by atoms with Crippen molar-refractivity contribution in [2.45, 2.75) is 50.9 Å². The normalized spacial score (nSPS) is 23.3. The number of nitrogens with one attached hydrogen (secondary N) is 1. The third-order valence-electron chi connectivity index (χ3n) is 4.35. The number of methoxy groups -OCH3 is 1. The summed E-state index contributed by atoms with van der Waals surface area (Å²) < 4.78 is 56.3. The summed E-state index contributed by atoms with van der Waals surface area (Å²) in [6, 6.07) is 6.70. The minimum absolute atomic E-state index is 0.0322. The van der Waals surface area contributed by atoms with Crippen molar-refractivity contribution in [2.75, 3.05) is 7.11 Å². The van der Waals surface area contributed by atoms with Gasteiger partial charge >= 0.3 is 6.18 Å². The second-order valence-electron chi connectivity index (χ2n) is 6.52. The van der Waals surface area contributed by atoms with Crippen LogP contribution in [-0.2, 0) is 17.3 Å². The van der Waals surface area contributed by atoms with Gasteiger partial charge in [-0.15, -0.1) is 5.10 Å². The predicted octanol–water partition coefficient (Wildman–Crippen LogP) is 3.29. The summed E-state index contributed by atoms with van der Waals surface area (Å²) in [5.74, 6) is 0.432. The van der Waals surface area contributed by atoms with E-state index in [9.17, 15) is 18.3 Å². The number of aromatic amines is 1.